The molecule has 0 unspecified atom stereocenters. The Balaban J connectivity index is 2.00. The van der Waals surface area contributed by atoms with Gasteiger partial charge in [-0.2, -0.15) is 0 Å². The minimum atomic E-state index is -3.39. The van der Waals surface area contributed by atoms with Crippen LogP contribution in [0.2, 0.25) is 0 Å². The maximum Gasteiger partial charge on any atom is 0.177 e. The van der Waals surface area contributed by atoms with Gasteiger partial charge in [-0.15, -0.1) is 0 Å². The summed E-state index contributed by atoms with van der Waals surface area (Å²) in [6.07, 6.45) is 4.77. The maximum absolute atomic E-state index is 12.2. The molecule has 0 saturated carbocycles. The smallest absolute Gasteiger partial charge is 0.177 e. The highest BCUT2D eigenvalue weighted by Crippen LogP contribution is 2.33. The minimum Gasteiger partial charge on any atom is -0.354 e. The van der Waals surface area contributed by atoms with E-state index < -0.39 is 9.84 Å². The Hall–Kier alpha value is -2.58. The van der Waals surface area contributed by atoms with Gasteiger partial charge in [0.25, 0.3) is 0 Å². The van der Waals surface area contributed by atoms with Gasteiger partial charge < -0.3 is 16.1 Å². The van der Waals surface area contributed by atoms with Crippen LogP contribution < -0.4 is 16.1 Å². The molecule has 3 rings (SSSR count). The number of benzene rings is 1. The van der Waals surface area contributed by atoms with E-state index in [0.29, 0.717) is 23.7 Å². The predicted molar refractivity (Wildman–Crippen MR) is 99.3 cm³/mol. The molecule has 8 heteroatoms. The van der Waals surface area contributed by atoms with Crippen LogP contribution in [-0.2, 0) is 9.84 Å². The standard InChI is InChI=1S/C17H21N5O2S/c1-12-7-8-16(18-9-12)21-14-5-4-6-15(25(3,23)24)17(14)20-13-10-19-22(2)11-13/h4-10,19-20H,11H2,1-3H3,(H,18,21). The molecule has 25 heavy (non-hydrogen) atoms. The van der Waals surface area contributed by atoms with Gasteiger partial charge in [0.15, 0.2) is 9.84 Å². The third-order valence-corrected chi connectivity index (χ3v) is 4.89. The predicted octanol–water partition coefficient (Wildman–Crippen LogP) is 2.24. The number of rotatable bonds is 5. The van der Waals surface area contributed by atoms with Crippen molar-refractivity contribution in [3.05, 3.63) is 54.0 Å². The lowest BCUT2D eigenvalue weighted by molar-refractivity contribution is 0.329. The van der Waals surface area contributed by atoms with Crippen LogP contribution in [0.4, 0.5) is 17.2 Å². The van der Waals surface area contributed by atoms with E-state index in [1.807, 2.05) is 43.4 Å². The summed E-state index contributed by atoms with van der Waals surface area (Å²) in [6, 6.07) is 8.94. The molecule has 7 nitrogen and oxygen atoms in total. The number of hydrogen-bond donors (Lipinski definition) is 3. The second-order valence-corrected chi connectivity index (χ2v) is 8.06. The zero-order valence-corrected chi connectivity index (χ0v) is 15.2. The highest BCUT2D eigenvalue weighted by Gasteiger charge is 2.19. The van der Waals surface area contributed by atoms with Crippen molar-refractivity contribution in [3.8, 4) is 0 Å². The zero-order chi connectivity index (χ0) is 18.0. The first kappa shape index (κ1) is 17.2. The molecule has 1 aromatic heterocycles. The zero-order valence-electron chi connectivity index (χ0n) is 14.4. The lowest BCUT2D eigenvalue weighted by atomic mass is 10.2. The molecule has 3 N–H and O–H groups in total. The number of nitrogens with zero attached hydrogens (tertiary/aromatic N) is 2. The highest BCUT2D eigenvalue weighted by atomic mass is 32.2. The van der Waals surface area contributed by atoms with Gasteiger partial charge >= 0.3 is 0 Å². The summed E-state index contributed by atoms with van der Waals surface area (Å²) in [6.45, 7) is 2.60. The molecule has 2 heterocycles. The van der Waals surface area contributed by atoms with E-state index in [1.54, 1.807) is 18.3 Å². The minimum absolute atomic E-state index is 0.236. The molecule has 1 aliphatic heterocycles. The van der Waals surface area contributed by atoms with E-state index in [2.05, 4.69) is 21.0 Å². The normalized spacial score (nSPS) is 14.8. The Labute approximate surface area is 147 Å². The lowest BCUT2D eigenvalue weighted by Crippen LogP contribution is -2.25. The third kappa shape index (κ3) is 4.09. The van der Waals surface area contributed by atoms with E-state index in [-0.39, 0.29) is 4.90 Å². The molecule has 1 aliphatic rings. The van der Waals surface area contributed by atoms with Crippen molar-refractivity contribution in [2.45, 2.75) is 11.8 Å². The van der Waals surface area contributed by atoms with Crippen LogP contribution in [0.1, 0.15) is 5.56 Å². The molecule has 0 aliphatic carbocycles. The Kier molecular flexibility index (Phi) is 4.65. The first-order valence-electron chi connectivity index (χ1n) is 7.79. The van der Waals surface area contributed by atoms with Gasteiger partial charge in [-0.1, -0.05) is 12.1 Å². The van der Waals surface area contributed by atoms with Gasteiger partial charge in [0.1, 0.15) is 5.82 Å². The molecule has 0 atom stereocenters. The van der Waals surface area contributed by atoms with Crippen LogP contribution in [0.25, 0.3) is 0 Å². The van der Waals surface area contributed by atoms with Crippen LogP contribution in [0, 0.1) is 6.92 Å². The first-order chi connectivity index (χ1) is 11.8. The third-order valence-electron chi connectivity index (χ3n) is 3.75. The Morgan fingerprint density at radius 2 is 2.00 bits per heavy atom. The van der Waals surface area contributed by atoms with E-state index >= 15 is 0 Å². The number of nitrogens with one attached hydrogen (secondary N) is 3. The van der Waals surface area contributed by atoms with Crippen molar-refractivity contribution in [2.24, 2.45) is 0 Å². The average molecular weight is 359 g/mol. The molecule has 1 aromatic carbocycles. The van der Waals surface area contributed by atoms with Crippen LogP contribution >= 0.6 is 0 Å². The van der Waals surface area contributed by atoms with Crippen molar-refractivity contribution in [1.82, 2.24) is 15.4 Å². The van der Waals surface area contributed by atoms with Gasteiger partial charge in [0.2, 0.25) is 0 Å². The molecule has 0 fully saturated rings. The van der Waals surface area contributed by atoms with Crippen LogP contribution in [0.3, 0.4) is 0 Å². The van der Waals surface area contributed by atoms with Crippen molar-refractivity contribution in [1.29, 1.82) is 0 Å². The molecular formula is C17H21N5O2S. The summed E-state index contributed by atoms with van der Waals surface area (Å²) < 4.78 is 24.4. The highest BCUT2D eigenvalue weighted by molar-refractivity contribution is 7.90. The number of hydrogen-bond acceptors (Lipinski definition) is 7. The van der Waals surface area contributed by atoms with E-state index in [1.165, 1.54) is 6.26 Å². The average Bonchev–Trinajstić information content (AvgIpc) is 2.95. The fourth-order valence-corrected chi connectivity index (χ4v) is 3.38. The van der Waals surface area contributed by atoms with E-state index in [9.17, 15) is 8.42 Å². The quantitative estimate of drug-likeness (QED) is 0.755. The summed E-state index contributed by atoms with van der Waals surface area (Å²) in [4.78, 5) is 4.56. The van der Waals surface area contributed by atoms with Crippen molar-refractivity contribution >= 4 is 27.0 Å². The summed E-state index contributed by atoms with van der Waals surface area (Å²) in [5, 5.41) is 8.32. The fraction of sp³-hybridized carbons (Fsp3) is 0.235. The first-order valence-corrected chi connectivity index (χ1v) is 9.68. The second kappa shape index (κ2) is 6.73. The largest absolute Gasteiger partial charge is 0.354 e. The number of hydrazine groups is 1. The number of likely N-dealkylation sites (N-methyl/N-ethyl adjacent to an activating group) is 1. The summed E-state index contributed by atoms with van der Waals surface area (Å²) in [5.74, 6) is 0.648. The van der Waals surface area contributed by atoms with E-state index in [0.717, 1.165) is 11.3 Å². The molecular weight excluding hydrogens is 338 g/mol. The summed E-state index contributed by atoms with van der Waals surface area (Å²) >= 11 is 0. The van der Waals surface area contributed by atoms with Gasteiger partial charge in [-0.3, -0.25) is 0 Å². The molecule has 0 saturated heterocycles. The molecule has 0 spiro atoms. The second-order valence-electron chi connectivity index (χ2n) is 6.08. The summed E-state index contributed by atoms with van der Waals surface area (Å²) in [5.41, 5.74) is 6.14. The van der Waals surface area contributed by atoms with Gasteiger partial charge in [-0.05, 0) is 30.7 Å². The monoisotopic (exact) mass is 359 g/mol. The van der Waals surface area contributed by atoms with Crippen LogP contribution in [0.15, 0.2) is 53.3 Å². The topological polar surface area (TPSA) is 86.4 Å². The van der Waals surface area contributed by atoms with Crippen LogP contribution in [0.5, 0.6) is 0 Å². The number of aromatic nitrogens is 1. The fourth-order valence-electron chi connectivity index (χ4n) is 2.52. The van der Waals surface area contributed by atoms with Crippen molar-refractivity contribution in [2.75, 3.05) is 30.5 Å². The Bertz CT molecular complexity index is 907. The van der Waals surface area contributed by atoms with Crippen molar-refractivity contribution < 1.29 is 8.42 Å². The molecule has 2 aromatic rings. The Morgan fingerprint density at radius 1 is 1.20 bits per heavy atom. The number of anilines is 3. The SMILES string of the molecule is Cc1ccc(Nc2cccc(S(C)(=O)=O)c2NC2=CNN(C)C2)nc1. The van der Waals surface area contributed by atoms with Crippen molar-refractivity contribution in [3.63, 3.8) is 0 Å². The van der Waals surface area contributed by atoms with Gasteiger partial charge in [-0.25, -0.2) is 18.4 Å². The molecule has 132 valence electrons. The van der Waals surface area contributed by atoms with Gasteiger partial charge in [0.05, 0.1) is 22.8 Å². The van der Waals surface area contributed by atoms with Gasteiger partial charge in [0, 0.05) is 31.4 Å². The number of aryl methyl sites for hydroxylation is 1. The Morgan fingerprint density at radius 3 is 2.60 bits per heavy atom. The molecule has 0 amide bonds. The molecule has 0 bridgehead atoms. The van der Waals surface area contributed by atoms with Crippen LogP contribution in [-0.4, -0.2) is 38.3 Å². The number of para-hydroxylation sites is 1. The lowest BCUT2D eigenvalue weighted by Gasteiger charge is -2.17. The summed E-state index contributed by atoms with van der Waals surface area (Å²) in [7, 11) is -1.49. The van der Waals surface area contributed by atoms with E-state index in [4.69, 9.17) is 0 Å². The number of sulfone groups is 1. The number of pyridine rings is 1. The molecule has 0 radical (unpaired) electrons. The maximum atomic E-state index is 12.2.